The molecule has 1 aromatic carbocycles. The number of halogens is 1. The van der Waals surface area contributed by atoms with Crippen molar-refractivity contribution in [1.82, 2.24) is 9.62 Å². The van der Waals surface area contributed by atoms with E-state index < -0.39 is 15.8 Å². The molecule has 2 aliphatic rings. The quantitative estimate of drug-likeness (QED) is 0.827. The van der Waals surface area contributed by atoms with Gasteiger partial charge in [0.2, 0.25) is 15.9 Å². The van der Waals surface area contributed by atoms with E-state index in [0.29, 0.717) is 19.4 Å². The van der Waals surface area contributed by atoms with Crippen LogP contribution in [0.25, 0.3) is 0 Å². The Balaban J connectivity index is 1.73. The summed E-state index contributed by atoms with van der Waals surface area (Å²) in [5.41, 5.74) is 0. The SMILES string of the molecule is COc1ccc(F)cc1S(=O)(=O)N1CCCC(C(=O)NC2CCCCC2)C1. The average molecular weight is 399 g/mol. The van der Waals surface area contributed by atoms with Crippen molar-refractivity contribution in [2.24, 2.45) is 5.92 Å². The predicted molar refractivity (Wildman–Crippen MR) is 99.5 cm³/mol. The summed E-state index contributed by atoms with van der Waals surface area (Å²) < 4.78 is 46.1. The van der Waals surface area contributed by atoms with Gasteiger partial charge in [0.05, 0.1) is 13.0 Å². The first-order chi connectivity index (χ1) is 12.9. The number of rotatable bonds is 5. The van der Waals surface area contributed by atoms with E-state index in [2.05, 4.69) is 5.32 Å². The Labute approximate surface area is 160 Å². The number of ether oxygens (including phenoxy) is 1. The third-order valence-corrected chi connectivity index (χ3v) is 7.34. The molecule has 0 radical (unpaired) electrons. The number of piperidine rings is 1. The van der Waals surface area contributed by atoms with E-state index in [4.69, 9.17) is 4.74 Å². The van der Waals surface area contributed by atoms with Crippen molar-refractivity contribution in [3.8, 4) is 5.75 Å². The molecule has 1 saturated heterocycles. The van der Waals surface area contributed by atoms with Crippen LogP contribution >= 0.6 is 0 Å². The maximum Gasteiger partial charge on any atom is 0.246 e. The molecular formula is C19H27FN2O4S. The van der Waals surface area contributed by atoms with Crippen LogP contribution in [0.15, 0.2) is 23.1 Å². The van der Waals surface area contributed by atoms with E-state index in [1.807, 2.05) is 0 Å². The van der Waals surface area contributed by atoms with Gasteiger partial charge in [-0.25, -0.2) is 12.8 Å². The normalized spacial score (nSPS) is 22.4. The molecule has 1 unspecified atom stereocenters. The molecule has 0 aromatic heterocycles. The summed E-state index contributed by atoms with van der Waals surface area (Å²) in [6.45, 7) is 0.426. The molecule has 1 atom stereocenters. The lowest BCUT2D eigenvalue weighted by Gasteiger charge is -2.33. The summed E-state index contributed by atoms with van der Waals surface area (Å²) in [5.74, 6) is -0.994. The first-order valence-corrected chi connectivity index (χ1v) is 11.0. The van der Waals surface area contributed by atoms with Crippen LogP contribution < -0.4 is 10.1 Å². The summed E-state index contributed by atoms with van der Waals surface area (Å²) >= 11 is 0. The molecule has 1 aromatic rings. The Morgan fingerprint density at radius 1 is 1.19 bits per heavy atom. The lowest BCUT2D eigenvalue weighted by molar-refractivity contribution is -0.127. The highest BCUT2D eigenvalue weighted by molar-refractivity contribution is 7.89. The van der Waals surface area contributed by atoms with E-state index in [0.717, 1.165) is 37.8 Å². The van der Waals surface area contributed by atoms with Gasteiger partial charge < -0.3 is 10.1 Å². The zero-order valence-electron chi connectivity index (χ0n) is 15.6. The Bertz CT molecular complexity index is 778. The second-order valence-corrected chi connectivity index (χ2v) is 9.25. The number of hydrogen-bond donors (Lipinski definition) is 1. The minimum absolute atomic E-state index is 0.0759. The van der Waals surface area contributed by atoms with Crippen molar-refractivity contribution in [1.29, 1.82) is 0 Å². The second kappa shape index (κ2) is 8.56. The number of sulfonamides is 1. The summed E-state index contributed by atoms with van der Waals surface area (Å²) in [5, 5.41) is 3.09. The van der Waals surface area contributed by atoms with Crippen LogP contribution in [0.1, 0.15) is 44.9 Å². The van der Waals surface area contributed by atoms with E-state index in [1.165, 1.54) is 23.9 Å². The molecule has 8 heteroatoms. The van der Waals surface area contributed by atoms with Crippen LogP contribution in [0, 0.1) is 11.7 Å². The fraction of sp³-hybridized carbons (Fsp3) is 0.632. The molecule has 0 bridgehead atoms. The lowest BCUT2D eigenvalue weighted by Crippen LogP contribution is -2.47. The number of benzene rings is 1. The first-order valence-electron chi connectivity index (χ1n) is 9.56. The molecule has 1 aliphatic heterocycles. The molecule has 3 rings (SSSR count). The van der Waals surface area contributed by atoms with Gasteiger partial charge in [0.1, 0.15) is 16.5 Å². The number of hydrogen-bond acceptors (Lipinski definition) is 4. The van der Waals surface area contributed by atoms with Crippen molar-refractivity contribution in [2.45, 2.75) is 55.9 Å². The fourth-order valence-electron chi connectivity index (χ4n) is 3.93. The highest BCUT2D eigenvalue weighted by Gasteiger charge is 2.35. The molecule has 1 amide bonds. The summed E-state index contributed by atoms with van der Waals surface area (Å²) in [6, 6.07) is 3.63. The zero-order chi connectivity index (χ0) is 19.4. The second-order valence-electron chi connectivity index (χ2n) is 7.34. The summed E-state index contributed by atoms with van der Waals surface area (Å²) in [7, 11) is -2.59. The molecule has 1 heterocycles. The number of nitrogens with zero attached hydrogens (tertiary/aromatic N) is 1. The molecule has 1 saturated carbocycles. The van der Waals surface area contributed by atoms with Gasteiger partial charge in [-0.05, 0) is 43.9 Å². The molecule has 6 nitrogen and oxygen atoms in total. The highest BCUT2D eigenvalue weighted by atomic mass is 32.2. The Morgan fingerprint density at radius 2 is 1.93 bits per heavy atom. The Morgan fingerprint density at radius 3 is 2.63 bits per heavy atom. The molecule has 27 heavy (non-hydrogen) atoms. The first kappa shape index (κ1) is 20.1. The van der Waals surface area contributed by atoms with Crippen LogP contribution in [0.5, 0.6) is 5.75 Å². The van der Waals surface area contributed by atoms with Gasteiger partial charge in [0.15, 0.2) is 0 Å². The van der Waals surface area contributed by atoms with E-state index >= 15 is 0 Å². The molecule has 1 aliphatic carbocycles. The van der Waals surface area contributed by atoms with Crippen molar-refractivity contribution in [3.63, 3.8) is 0 Å². The number of methoxy groups -OCH3 is 1. The topological polar surface area (TPSA) is 75.7 Å². The van der Waals surface area contributed by atoms with Gasteiger partial charge in [-0.3, -0.25) is 4.79 Å². The molecular weight excluding hydrogens is 371 g/mol. The van der Waals surface area contributed by atoms with E-state index in [1.54, 1.807) is 0 Å². The van der Waals surface area contributed by atoms with Crippen LogP contribution in [0.3, 0.4) is 0 Å². The van der Waals surface area contributed by atoms with Crippen molar-refractivity contribution in [2.75, 3.05) is 20.2 Å². The summed E-state index contributed by atoms with van der Waals surface area (Å²) in [6.07, 6.45) is 6.68. The number of nitrogens with one attached hydrogen (secondary N) is 1. The molecule has 2 fully saturated rings. The molecule has 0 spiro atoms. The van der Waals surface area contributed by atoms with Gasteiger partial charge in [-0.15, -0.1) is 0 Å². The number of carbonyl (C=O) groups excluding carboxylic acids is 1. The lowest BCUT2D eigenvalue weighted by atomic mass is 9.93. The minimum atomic E-state index is -3.94. The van der Waals surface area contributed by atoms with Gasteiger partial charge in [-0.1, -0.05) is 19.3 Å². The largest absolute Gasteiger partial charge is 0.495 e. The number of amides is 1. The monoisotopic (exact) mass is 398 g/mol. The van der Waals surface area contributed by atoms with Crippen LogP contribution in [0.4, 0.5) is 4.39 Å². The van der Waals surface area contributed by atoms with Gasteiger partial charge in [0.25, 0.3) is 0 Å². The number of carbonyl (C=O) groups is 1. The third kappa shape index (κ3) is 4.60. The predicted octanol–water partition coefficient (Wildman–Crippen LogP) is 2.68. The molecule has 150 valence electrons. The van der Waals surface area contributed by atoms with Crippen LogP contribution in [0.2, 0.25) is 0 Å². The van der Waals surface area contributed by atoms with Gasteiger partial charge in [-0.2, -0.15) is 4.31 Å². The fourth-order valence-corrected chi connectivity index (χ4v) is 5.62. The zero-order valence-corrected chi connectivity index (χ0v) is 16.4. The van der Waals surface area contributed by atoms with Gasteiger partial charge >= 0.3 is 0 Å². The summed E-state index contributed by atoms with van der Waals surface area (Å²) in [4.78, 5) is 12.4. The standard InChI is InChI=1S/C19H27FN2O4S/c1-26-17-10-9-15(20)12-18(17)27(24,25)22-11-5-6-14(13-22)19(23)21-16-7-3-2-4-8-16/h9-10,12,14,16H,2-8,11,13H2,1H3,(H,21,23). The maximum absolute atomic E-state index is 13.6. The van der Waals surface area contributed by atoms with Crippen molar-refractivity contribution in [3.05, 3.63) is 24.0 Å². The maximum atomic E-state index is 13.6. The average Bonchev–Trinajstić information content (AvgIpc) is 2.69. The molecule has 1 N–H and O–H groups in total. The smallest absolute Gasteiger partial charge is 0.246 e. The highest BCUT2D eigenvalue weighted by Crippen LogP contribution is 2.30. The van der Waals surface area contributed by atoms with Crippen LogP contribution in [-0.4, -0.2) is 44.9 Å². The minimum Gasteiger partial charge on any atom is -0.495 e. The third-order valence-electron chi connectivity index (χ3n) is 5.45. The Kier molecular flexibility index (Phi) is 6.37. The van der Waals surface area contributed by atoms with Gasteiger partial charge in [0, 0.05) is 19.1 Å². The van der Waals surface area contributed by atoms with E-state index in [-0.39, 0.29) is 35.1 Å². The van der Waals surface area contributed by atoms with Crippen molar-refractivity contribution >= 4 is 15.9 Å². The van der Waals surface area contributed by atoms with Crippen LogP contribution in [-0.2, 0) is 14.8 Å². The Hall–Kier alpha value is -1.67. The van der Waals surface area contributed by atoms with E-state index in [9.17, 15) is 17.6 Å². The van der Waals surface area contributed by atoms with Crippen molar-refractivity contribution < 1.29 is 22.3 Å².